The van der Waals surface area contributed by atoms with Crippen molar-refractivity contribution in [1.82, 2.24) is 0 Å². The molecule has 7 heteroatoms. The highest BCUT2D eigenvalue weighted by atomic mass is 16.6. The van der Waals surface area contributed by atoms with E-state index < -0.39 is 11.9 Å². The maximum absolute atomic E-state index is 12.4. The van der Waals surface area contributed by atoms with E-state index in [2.05, 4.69) is 6.92 Å². The Kier molecular flexibility index (Phi) is 11.7. The number of ether oxygens (including phenoxy) is 4. The molecule has 0 radical (unpaired) electrons. The maximum Gasteiger partial charge on any atom is 0.311 e. The first kappa shape index (κ1) is 29.2. The monoisotopic (exact) mass is 524 g/mol. The van der Waals surface area contributed by atoms with Crippen molar-refractivity contribution in [3.8, 4) is 23.0 Å². The van der Waals surface area contributed by atoms with Gasteiger partial charge in [0.25, 0.3) is 0 Å². The second-order valence-corrected chi connectivity index (χ2v) is 9.85. The van der Waals surface area contributed by atoms with Gasteiger partial charge in [0, 0.05) is 38.0 Å². The molecule has 1 aliphatic rings. The van der Waals surface area contributed by atoms with E-state index in [-0.39, 0.29) is 23.6 Å². The van der Waals surface area contributed by atoms with Gasteiger partial charge in [-0.1, -0.05) is 64.4 Å². The van der Waals surface area contributed by atoms with Crippen molar-refractivity contribution in [2.75, 3.05) is 0 Å². The number of fused-ring (bicyclic) bond motifs is 1. The first-order chi connectivity index (χ1) is 18.4. The minimum Gasteiger partial charge on any atom is -0.485 e. The Hall–Kier alpha value is -3.35. The average Bonchev–Trinajstić information content (AvgIpc) is 2.87. The highest BCUT2D eigenvalue weighted by molar-refractivity contribution is 5.73. The topological polar surface area (TPSA) is 88.1 Å². The molecule has 0 saturated carbocycles. The predicted octanol–water partition coefficient (Wildman–Crippen LogP) is 7.43. The fraction of sp³-hybridized carbons (Fsp3) is 0.516. The van der Waals surface area contributed by atoms with Crippen LogP contribution in [0.1, 0.15) is 109 Å². The molecule has 0 aromatic heterocycles. The van der Waals surface area contributed by atoms with Gasteiger partial charge in [-0.05, 0) is 43.0 Å². The van der Waals surface area contributed by atoms with Crippen LogP contribution in [-0.2, 0) is 20.8 Å². The molecule has 0 fully saturated rings. The molecule has 206 valence electrons. The van der Waals surface area contributed by atoms with Crippen LogP contribution in [0.15, 0.2) is 36.4 Å². The lowest BCUT2D eigenvalue weighted by molar-refractivity contribution is -0.135. The number of aryl methyl sites for hydroxylation is 1. The number of unbranched alkanes of at least 4 members (excludes halogenated alkanes) is 8. The summed E-state index contributed by atoms with van der Waals surface area (Å²) in [4.78, 5) is 35.4. The van der Waals surface area contributed by atoms with Crippen LogP contribution < -0.4 is 18.9 Å². The SMILES string of the molecule is CCCCCCCCCCCC(=O)Oc1ccc2c(c1)OC(c1ccc(OC(C)=O)cc1OC(C)=O)CC2. The van der Waals surface area contributed by atoms with E-state index in [1.165, 1.54) is 58.4 Å². The second kappa shape index (κ2) is 15.2. The zero-order valence-corrected chi connectivity index (χ0v) is 22.9. The Morgan fingerprint density at radius 2 is 1.42 bits per heavy atom. The number of carbonyl (C=O) groups is 3. The molecule has 1 unspecified atom stereocenters. The lowest BCUT2D eigenvalue weighted by Gasteiger charge is -2.28. The van der Waals surface area contributed by atoms with Crippen molar-refractivity contribution in [3.63, 3.8) is 0 Å². The van der Waals surface area contributed by atoms with Crippen LogP contribution in [0.2, 0.25) is 0 Å². The smallest absolute Gasteiger partial charge is 0.311 e. The maximum atomic E-state index is 12.4. The molecule has 0 spiro atoms. The third-order valence-corrected chi connectivity index (χ3v) is 6.55. The molecule has 0 N–H and O–H groups in total. The molecule has 0 saturated heterocycles. The first-order valence-corrected chi connectivity index (χ1v) is 13.9. The zero-order valence-electron chi connectivity index (χ0n) is 22.9. The van der Waals surface area contributed by atoms with Crippen LogP contribution in [0.25, 0.3) is 0 Å². The minimum absolute atomic E-state index is 0.238. The average molecular weight is 525 g/mol. The highest BCUT2D eigenvalue weighted by Gasteiger charge is 2.26. The summed E-state index contributed by atoms with van der Waals surface area (Å²) in [5.74, 6) is 0.475. The lowest BCUT2D eigenvalue weighted by atomic mass is 9.96. The van der Waals surface area contributed by atoms with Crippen LogP contribution in [0, 0.1) is 0 Å². The van der Waals surface area contributed by atoms with Crippen LogP contribution in [0.3, 0.4) is 0 Å². The largest absolute Gasteiger partial charge is 0.485 e. The number of hydrogen-bond acceptors (Lipinski definition) is 7. The molecule has 2 aromatic rings. The number of esters is 3. The normalized spacial score (nSPS) is 14.2. The number of rotatable bonds is 14. The molecule has 0 bridgehead atoms. The number of carbonyl (C=O) groups excluding carboxylic acids is 3. The lowest BCUT2D eigenvalue weighted by Crippen LogP contribution is -2.17. The van der Waals surface area contributed by atoms with Gasteiger partial charge in [-0.25, -0.2) is 0 Å². The van der Waals surface area contributed by atoms with Crippen molar-refractivity contribution in [3.05, 3.63) is 47.5 Å². The van der Waals surface area contributed by atoms with Crippen LogP contribution in [-0.4, -0.2) is 17.9 Å². The summed E-state index contributed by atoms with van der Waals surface area (Å²) in [7, 11) is 0. The van der Waals surface area contributed by atoms with Gasteiger partial charge in [0.2, 0.25) is 0 Å². The van der Waals surface area contributed by atoms with Gasteiger partial charge in [-0.15, -0.1) is 0 Å². The van der Waals surface area contributed by atoms with Crippen molar-refractivity contribution in [2.24, 2.45) is 0 Å². The molecule has 1 heterocycles. The van der Waals surface area contributed by atoms with E-state index in [0.717, 1.165) is 31.2 Å². The van der Waals surface area contributed by atoms with Crippen LogP contribution in [0.5, 0.6) is 23.0 Å². The predicted molar refractivity (Wildman–Crippen MR) is 145 cm³/mol. The fourth-order valence-electron chi connectivity index (χ4n) is 4.65. The summed E-state index contributed by atoms with van der Waals surface area (Å²) in [6.07, 6.45) is 12.2. The first-order valence-electron chi connectivity index (χ1n) is 13.9. The Morgan fingerprint density at radius 3 is 2.11 bits per heavy atom. The van der Waals surface area contributed by atoms with Crippen molar-refractivity contribution < 1.29 is 33.3 Å². The summed E-state index contributed by atoms with van der Waals surface area (Å²) < 4.78 is 22.4. The van der Waals surface area contributed by atoms with Gasteiger partial charge < -0.3 is 18.9 Å². The zero-order chi connectivity index (χ0) is 27.3. The number of benzene rings is 2. The summed E-state index contributed by atoms with van der Waals surface area (Å²) in [6.45, 7) is 4.85. The Labute approximate surface area is 225 Å². The van der Waals surface area contributed by atoms with E-state index >= 15 is 0 Å². The summed E-state index contributed by atoms with van der Waals surface area (Å²) in [5.41, 5.74) is 1.69. The summed E-state index contributed by atoms with van der Waals surface area (Å²) in [5, 5.41) is 0. The Bertz CT molecular complexity index is 1090. The van der Waals surface area contributed by atoms with Gasteiger partial charge in [0.05, 0.1) is 0 Å². The molecule has 0 aliphatic carbocycles. The molecule has 3 rings (SSSR count). The van der Waals surface area contributed by atoms with E-state index in [1.54, 1.807) is 24.3 Å². The van der Waals surface area contributed by atoms with E-state index in [1.807, 2.05) is 6.07 Å². The van der Waals surface area contributed by atoms with Crippen LogP contribution in [0.4, 0.5) is 0 Å². The molecule has 1 atom stereocenters. The molecule has 0 amide bonds. The third kappa shape index (κ3) is 9.51. The van der Waals surface area contributed by atoms with E-state index in [4.69, 9.17) is 18.9 Å². The molecule has 38 heavy (non-hydrogen) atoms. The van der Waals surface area contributed by atoms with E-state index in [9.17, 15) is 14.4 Å². The van der Waals surface area contributed by atoms with Crippen molar-refractivity contribution in [2.45, 2.75) is 104 Å². The third-order valence-electron chi connectivity index (χ3n) is 6.55. The molecule has 7 nitrogen and oxygen atoms in total. The molecule has 1 aliphatic heterocycles. The highest BCUT2D eigenvalue weighted by Crippen LogP contribution is 2.41. The molecule has 2 aromatic carbocycles. The Balaban J connectivity index is 1.54. The molecular weight excluding hydrogens is 484 g/mol. The standard InChI is InChI=1S/C31H40O7/c1-4-5-6-7-8-9-10-11-12-13-31(34)37-26-16-14-24-15-19-28(38-29(24)20-26)27-18-17-25(35-22(2)32)21-30(27)36-23(3)33/h14,16-18,20-21,28H,4-13,15,19H2,1-3H3. The second-order valence-electron chi connectivity index (χ2n) is 9.85. The number of hydrogen-bond donors (Lipinski definition) is 0. The molecular formula is C31H40O7. The fourth-order valence-corrected chi connectivity index (χ4v) is 4.65. The van der Waals surface area contributed by atoms with Gasteiger partial charge in [0.1, 0.15) is 29.1 Å². The van der Waals surface area contributed by atoms with Gasteiger partial charge in [-0.3, -0.25) is 14.4 Å². The van der Waals surface area contributed by atoms with Gasteiger partial charge in [-0.2, -0.15) is 0 Å². The Morgan fingerprint density at radius 1 is 0.789 bits per heavy atom. The van der Waals surface area contributed by atoms with Gasteiger partial charge >= 0.3 is 17.9 Å². The summed E-state index contributed by atoms with van der Waals surface area (Å²) >= 11 is 0. The van der Waals surface area contributed by atoms with Crippen LogP contribution >= 0.6 is 0 Å². The van der Waals surface area contributed by atoms with Crippen molar-refractivity contribution in [1.29, 1.82) is 0 Å². The van der Waals surface area contributed by atoms with E-state index in [0.29, 0.717) is 29.9 Å². The summed E-state index contributed by atoms with van der Waals surface area (Å²) in [6, 6.07) is 10.4. The quantitative estimate of drug-likeness (QED) is 0.144. The van der Waals surface area contributed by atoms with Gasteiger partial charge in [0.15, 0.2) is 0 Å². The minimum atomic E-state index is -0.483. The van der Waals surface area contributed by atoms with Crippen molar-refractivity contribution >= 4 is 17.9 Å².